The Kier molecular flexibility index (Phi) is 6.50. The Bertz CT molecular complexity index is 866. The lowest BCUT2D eigenvalue weighted by atomic mass is 10.1. The smallest absolute Gasteiger partial charge is 0.235 e. The second-order valence-corrected chi connectivity index (χ2v) is 8.90. The Morgan fingerprint density at radius 1 is 1.00 bits per heavy atom. The van der Waals surface area contributed by atoms with E-state index in [9.17, 15) is 13.2 Å². The van der Waals surface area contributed by atoms with E-state index in [1.54, 1.807) is 24.3 Å². The first kappa shape index (κ1) is 19.4. The molecule has 0 saturated carbocycles. The molecule has 3 rings (SSSR count). The molecule has 1 aliphatic heterocycles. The fourth-order valence-corrected chi connectivity index (χ4v) is 4.93. The van der Waals surface area contributed by atoms with Crippen LogP contribution in [-0.4, -0.2) is 26.6 Å². The van der Waals surface area contributed by atoms with Gasteiger partial charge >= 0.3 is 0 Å². The van der Waals surface area contributed by atoms with Gasteiger partial charge in [-0.2, -0.15) is 0 Å². The van der Waals surface area contributed by atoms with Crippen LogP contribution in [0.4, 0.5) is 11.4 Å². The topological polar surface area (TPSA) is 66.5 Å². The van der Waals surface area contributed by atoms with Gasteiger partial charge in [0.1, 0.15) is 0 Å². The fraction of sp³-hybridized carbons (Fsp3) is 0.381. The van der Waals surface area contributed by atoms with Crippen molar-refractivity contribution in [3.05, 3.63) is 60.2 Å². The van der Waals surface area contributed by atoms with Crippen molar-refractivity contribution in [3.63, 3.8) is 0 Å². The van der Waals surface area contributed by atoms with Crippen LogP contribution in [0.3, 0.4) is 0 Å². The predicted molar refractivity (Wildman–Crippen MR) is 109 cm³/mol. The summed E-state index contributed by atoms with van der Waals surface area (Å²) < 4.78 is 25.9. The van der Waals surface area contributed by atoms with E-state index in [1.165, 1.54) is 9.87 Å². The van der Waals surface area contributed by atoms with Crippen LogP contribution in [0.1, 0.15) is 37.7 Å². The van der Waals surface area contributed by atoms with Crippen molar-refractivity contribution in [1.29, 1.82) is 0 Å². The molecule has 144 valence electrons. The maximum Gasteiger partial charge on any atom is 0.235 e. The number of carbonyl (C=O) groups is 1. The van der Waals surface area contributed by atoms with Crippen molar-refractivity contribution in [2.45, 2.75) is 38.5 Å². The Morgan fingerprint density at radius 2 is 1.81 bits per heavy atom. The first-order valence-electron chi connectivity index (χ1n) is 9.49. The van der Waals surface area contributed by atoms with Crippen LogP contribution in [0.15, 0.2) is 54.6 Å². The number of rotatable bonds is 7. The van der Waals surface area contributed by atoms with Gasteiger partial charge in [-0.25, -0.2) is 8.42 Å². The lowest BCUT2D eigenvalue weighted by Gasteiger charge is -2.28. The molecule has 0 aliphatic carbocycles. The SMILES string of the molecule is O=C(CCCCc1ccccc1)Nc1cccc(N2CCCCS2(=O)=O)c1. The highest BCUT2D eigenvalue weighted by atomic mass is 32.2. The van der Waals surface area contributed by atoms with Crippen LogP contribution in [0.25, 0.3) is 0 Å². The van der Waals surface area contributed by atoms with Gasteiger partial charge in [0.2, 0.25) is 15.9 Å². The van der Waals surface area contributed by atoms with Crippen molar-refractivity contribution in [1.82, 2.24) is 0 Å². The number of hydrogen-bond acceptors (Lipinski definition) is 3. The van der Waals surface area contributed by atoms with Gasteiger partial charge in [0.25, 0.3) is 0 Å². The molecule has 1 saturated heterocycles. The molecular formula is C21H26N2O3S. The Balaban J connectivity index is 1.51. The average molecular weight is 387 g/mol. The second kappa shape index (κ2) is 9.04. The van der Waals surface area contributed by atoms with E-state index in [-0.39, 0.29) is 11.7 Å². The van der Waals surface area contributed by atoms with E-state index in [2.05, 4.69) is 17.4 Å². The summed E-state index contributed by atoms with van der Waals surface area (Å²) in [7, 11) is -3.25. The number of amides is 1. The largest absolute Gasteiger partial charge is 0.326 e. The van der Waals surface area contributed by atoms with Gasteiger partial charge in [0, 0.05) is 18.7 Å². The molecule has 5 nitrogen and oxygen atoms in total. The zero-order valence-corrected chi connectivity index (χ0v) is 16.2. The van der Waals surface area contributed by atoms with Gasteiger partial charge in [-0.15, -0.1) is 0 Å². The van der Waals surface area contributed by atoms with Crippen molar-refractivity contribution in [2.24, 2.45) is 0 Å². The number of nitrogens with one attached hydrogen (secondary N) is 1. The number of nitrogens with zero attached hydrogens (tertiary/aromatic N) is 1. The number of carbonyl (C=O) groups excluding carboxylic acids is 1. The van der Waals surface area contributed by atoms with Crippen LogP contribution in [0, 0.1) is 0 Å². The minimum Gasteiger partial charge on any atom is -0.326 e. The third-order valence-electron chi connectivity index (χ3n) is 4.73. The Labute approximate surface area is 161 Å². The number of hydrogen-bond donors (Lipinski definition) is 1. The molecule has 0 atom stereocenters. The van der Waals surface area contributed by atoms with E-state index in [0.717, 1.165) is 25.7 Å². The minimum absolute atomic E-state index is 0.0401. The first-order valence-corrected chi connectivity index (χ1v) is 11.1. The van der Waals surface area contributed by atoms with E-state index >= 15 is 0 Å². The molecule has 0 aromatic heterocycles. The lowest BCUT2D eigenvalue weighted by Crippen LogP contribution is -2.37. The molecule has 1 aliphatic rings. The molecule has 27 heavy (non-hydrogen) atoms. The Hall–Kier alpha value is -2.34. The van der Waals surface area contributed by atoms with Crippen LogP contribution in [-0.2, 0) is 21.2 Å². The van der Waals surface area contributed by atoms with Gasteiger partial charge in [-0.05, 0) is 55.9 Å². The second-order valence-electron chi connectivity index (χ2n) is 6.89. The average Bonchev–Trinajstić information content (AvgIpc) is 2.66. The van der Waals surface area contributed by atoms with Crippen LogP contribution < -0.4 is 9.62 Å². The van der Waals surface area contributed by atoms with E-state index < -0.39 is 10.0 Å². The van der Waals surface area contributed by atoms with Crippen molar-refractivity contribution in [2.75, 3.05) is 21.9 Å². The number of anilines is 2. The molecule has 6 heteroatoms. The molecule has 1 N–H and O–H groups in total. The molecule has 0 spiro atoms. The van der Waals surface area contributed by atoms with Gasteiger partial charge in [-0.1, -0.05) is 36.4 Å². The van der Waals surface area contributed by atoms with Crippen molar-refractivity contribution in [3.8, 4) is 0 Å². The summed E-state index contributed by atoms with van der Waals surface area (Å²) in [5, 5.41) is 2.89. The van der Waals surface area contributed by atoms with Crippen molar-refractivity contribution < 1.29 is 13.2 Å². The summed E-state index contributed by atoms with van der Waals surface area (Å²) in [6, 6.07) is 17.3. The highest BCUT2D eigenvalue weighted by Crippen LogP contribution is 2.26. The molecule has 0 bridgehead atoms. The van der Waals surface area contributed by atoms with Crippen LogP contribution >= 0.6 is 0 Å². The normalized spacial score (nSPS) is 16.1. The van der Waals surface area contributed by atoms with Gasteiger partial charge < -0.3 is 5.32 Å². The molecule has 0 radical (unpaired) electrons. The molecule has 1 amide bonds. The summed E-state index contributed by atoms with van der Waals surface area (Å²) in [4.78, 5) is 12.2. The molecule has 1 heterocycles. The third-order valence-corrected chi connectivity index (χ3v) is 6.60. The van der Waals surface area contributed by atoms with Gasteiger partial charge in [-0.3, -0.25) is 9.10 Å². The summed E-state index contributed by atoms with van der Waals surface area (Å²) in [5.74, 6) is 0.145. The summed E-state index contributed by atoms with van der Waals surface area (Å²) in [6.45, 7) is 0.499. The number of aryl methyl sites for hydroxylation is 1. The summed E-state index contributed by atoms with van der Waals surface area (Å²) in [6.07, 6.45) is 4.77. The molecule has 2 aromatic carbocycles. The zero-order chi connectivity index (χ0) is 19.1. The molecule has 1 fully saturated rings. The third kappa shape index (κ3) is 5.57. The van der Waals surface area contributed by atoms with Gasteiger partial charge in [0.15, 0.2) is 0 Å². The molecule has 2 aromatic rings. The fourth-order valence-electron chi connectivity index (χ4n) is 3.30. The van der Waals surface area contributed by atoms with Crippen LogP contribution in [0.5, 0.6) is 0 Å². The number of unbranched alkanes of at least 4 members (excludes halogenated alkanes) is 1. The van der Waals surface area contributed by atoms with Gasteiger partial charge in [0.05, 0.1) is 11.4 Å². The van der Waals surface area contributed by atoms with Crippen LogP contribution in [0.2, 0.25) is 0 Å². The minimum atomic E-state index is -3.25. The number of benzene rings is 2. The van der Waals surface area contributed by atoms with E-state index in [0.29, 0.717) is 30.8 Å². The first-order chi connectivity index (χ1) is 13.0. The van der Waals surface area contributed by atoms with E-state index in [4.69, 9.17) is 0 Å². The summed E-state index contributed by atoms with van der Waals surface area (Å²) in [5.41, 5.74) is 2.55. The molecular weight excluding hydrogens is 360 g/mol. The highest BCUT2D eigenvalue weighted by Gasteiger charge is 2.26. The standard InChI is InChI=1S/C21H26N2O3S/c24-21(14-5-4-11-18-9-2-1-3-10-18)22-19-12-8-13-20(17-19)23-15-6-7-16-27(23,25)26/h1-3,8-10,12-13,17H,4-7,11,14-16H2,(H,22,24). The van der Waals surface area contributed by atoms with E-state index in [1.807, 2.05) is 18.2 Å². The number of sulfonamides is 1. The monoisotopic (exact) mass is 386 g/mol. The quantitative estimate of drug-likeness (QED) is 0.732. The highest BCUT2D eigenvalue weighted by molar-refractivity contribution is 7.92. The lowest BCUT2D eigenvalue weighted by molar-refractivity contribution is -0.116. The van der Waals surface area contributed by atoms with Crippen molar-refractivity contribution >= 4 is 27.3 Å². The maximum atomic E-state index is 12.2. The maximum absolute atomic E-state index is 12.2. The predicted octanol–water partition coefficient (Wildman–Crippen LogP) is 3.97. The molecule has 0 unspecified atom stereocenters. The Morgan fingerprint density at radius 3 is 2.59 bits per heavy atom. The summed E-state index contributed by atoms with van der Waals surface area (Å²) >= 11 is 0. The zero-order valence-electron chi connectivity index (χ0n) is 15.4.